The average molecular weight is 831 g/mol. The molecule has 0 spiro atoms. The Labute approximate surface area is 328 Å². The molecule has 2 nitrogen and oxygen atoms in total. The summed E-state index contributed by atoms with van der Waals surface area (Å²) in [6.45, 7) is 6.93. The van der Waals surface area contributed by atoms with Crippen molar-refractivity contribution in [3.8, 4) is 0 Å². The number of aryl methyl sites for hydroxylation is 2. The number of hydrogen-bond donors (Lipinski definition) is 0. The summed E-state index contributed by atoms with van der Waals surface area (Å²) in [5, 5.41) is 0. The standard InChI is InChI=1S/C42H74N2S2.2BrH/c1-3-5-7-9-11-13-15-17-19-21-23-25-31-43-33-27-41(28-34-43)39-45-37-38-46-40-42-29-35-44(36-30-42)32-26-24-22-20-18-16-14-12-10-8-6-4-2;;/h27-30,33-36H,3-26,31-32,37-40H2,1-2H3;2*1H/q+2;;/p-2. The summed E-state index contributed by atoms with van der Waals surface area (Å²) in [5.74, 6) is 4.71. The van der Waals surface area contributed by atoms with Crippen molar-refractivity contribution in [3.05, 3.63) is 60.2 Å². The number of halogens is 2. The van der Waals surface area contributed by atoms with Gasteiger partial charge in [-0.25, -0.2) is 9.13 Å². The molecule has 0 N–H and O–H groups in total. The van der Waals surface area contributed by atoms with E-state index in [1.54, 1.807) is 0 Å². The summed E-state index contributed by atoms with van der Waals surface area (Å²) < 4.78 is 4.76. The number of pyridine rings is 2. The molecule has 0 saturated heterocycles. The normalized spacial score (nSPS) is 11.0. The molecule has 48 heavy (non-hydrogen) atoms. The van der Waals surface area contributed by atoms with Crippen LogP contribution in [-0.2, 0) is 24.6 Å². The molecule has 6 heteroatoms. The predicted molar refractivity (Wildman–Crippen MR) is 208 cm³/mol. The van der Waals surface area contributed by atoms with Crippen LogP contribution in [0.25, 0.3) is 0 Å². The smallest absolute Gasteiger partial charge is 0.169 e. The lowest BCUT2D eigenvalue weighted by Crippen LogP contribution is -3.00. The molecule has 0 fully saturated rings. The van der Waals surface area contributed by atoms with E-state index in [1.165, 1.54) is 190 Å². The van der Waals surface area contributed by atoms with Crippen molar-refractivity contribution in [2.24, 2.45) is 0 Å². The quantitative estimate of drug-likeness (QED) is 0.0576. The Balaban J connectivity index is 0.0000110. The van der Waals surface area contributed by atoms with Gasteiger partial charge in [0.25, 0.3) is 0 Å². The van der Waals surface area contributed by atoms with Gasteiger partial charge < -0.3 is 34.0 Å². The van der Waals surface area contributed by atoms with E-state index in [1.807, 2.05) is 0 Å². The fraction of sp³-hybridized carbons (Fsp3) is 0.762. The zero-order chi connectivity index (χ0) is 32.6. The van der Waals surface area contributed by atoms with E-state index < -0.39 is 0 Å². The molecule has 0 saturated carbocycles. The lowest BCUT2D eigenvalue weighted by molar-refractivity contribution is -0.697. The highest BCUT2D eigenvalue weighted by Gasteiger charge is 2.04. The van der Waals surface area contributed by atoms with E-state index in [2.05, 4.69) is 95.6 Å². The van der Waals surface area contributed by atoms with Crippen LogP contribution in [-0.4, -0.2) is 11.5 Å². The lowest BCUT2D eigenvalue weighted by Gasteiger charge is -2.04. The van der Waals surface area contributed by atoms with Crippen molar-refractivity contribution < 1.29 is 43.1 Å². The van der Waals surface area contributed by atoms with Crippen LogP contribution in [0.2, 0.25) is 0 Å². The molecular weight excluding hydrogens is 756 g/mol. The van der Waals surface area contributed by atoms with Crippen LogP contribution < -0.4 is 43.1 Å². The summed E-state index contributed by atoms with van der Waals surface area (Å²) in [6, 6.07) is 9.32. The highest BCUT2D eigenvalue weighted by atomic mass is 79.9. The molecule has 0 amide bonds. The Hall–Kier alpha value is -0.0400. The topological polar surface area (TPSA) is 7.76 Å². The van der Waals surface area contributed by atoms with Gasteiger partial charge in [0.15, 0.2) is 24.8 Å². The minimum absolute atomic E-state index is 0. The zero-order valence-electron chi connectivity index (χ0n) is 31.3. The fourth-order valence-electron chi connectivity index (χ4n) is 6.24. The highest BCUT2D eigenvalue weighted by Crippen LogP contribution is 2.17. The van der Waals surface area contributed by atoms with Crippen molar-refractivity contribution in [1.29, 1.82) is 0 Å². The van der Waals surface area contributed by atoms with Crippen LogP contribution in [0.4, 0.5) is 0 Å². The van der Waals surface area contributed by atoms with Gasteiger partial charge in [0.1, 0.15) is 13.1 Å². The number of unbranched alkanes of at least 4 members (excludes halogenated alkanes) is 22. The number of thioether (sulfide) groups is 2. The maximum Gasteiger partial charge on any atom is 0.169 e. The van der Waals surface area contributed by atoms with Crippen molar-refractivity contribution in [2.75, 3.05) is 11.5 Å². The highest BCUT2D eigenvalue weighted by molar-refractivity contribution is 8.02. The second-order valence-electron chi connectivity index (χ2n) is 13.8. The number of aromatic nitrogens is 2. The first kappa shape index (κ1) is 48.0. The number of rotatable bonds is 33. The SMILES string of the molecule is CCCCCCCCCCCCCC[n+]1ccc(CSCCSCc2cc[n+](CCCCCCCCCCCCCC)cc2)cc1.[Br-].[Br-]. The van der Waals surface area contributed by atoms with E-state index in [0.717, 1.165) is 11.5 Å². The van der Waals surface area contributed by atoms with Gasteiger partial charge in [-0.05, 0) is 24.0 Å². The summed E-state index contributed by atoms with van der Waals surface area (Å²) in [6.07, 6.45) is 43.2. The van der Waals surface area contributed by atoms with E-state index in [-0.39, 0.29) is 34.0 Å². The third-order valence-electron chi connectivity index (χ3n) is 9.37. The van der Waals surface area contributed by atoms with Gasteiger partial charge in [0.2, 0.25) is 0 Å². The number of hydrogen-bond acceptors (Lipinski definition) is 2. The van der Waals surface area contributed by atoms with Crippen LogP contribution in [0.1, 0.15) is 179 Å². The van der Waals surface area contributed by atoms with Crippen LogP contribution in [0.5, 0.6) is 0 Å². The van der Waals surface area contributed by atoms with Gasteiger partial charge in [0, 0.05) is 60.1 Å². The molecule has 0 unspecified atom stereocenters. The molecule has 2 aromatic heterocycles. The van der Waals surface area contributed by atoms with Gasteiger partial charge >= 0.3 is 0 Å². The molecule has 2 heterocycles. The second kappa shape index (κ2) is 36.7. The largest absolute Gasteiger partial charge is 1.00 e. The van der Waals surface area contributed by atoms with Crippen molar-refractivity contribution >= 4 is 23.5 Å². The molecular formula is C42H74Br2N2S2. The molecule has 0 aliphatic rings. The molecule has 0 aromatic carbocycles. The summed E-state index contributed by atoms with van der Waals surface area (Å²) in [5.41, 5.74) is 2.92. The second-order valence-corrected chi connectivity index (χ2v) is 16.0. The first-order chi connectivity index (χ1) is 22.8. The minimum Gasteiger partial charge on any atom is -1.00 e. The number of nitrogens with zero attached hydrogens (tertiary/aromatic N) is 2. The minimum atomic E-state index is 0. The summed E-state index contributed by atoms with van der Waals surface area (Å²) in [4.78, 5) is 0. The van der Waals surface area contributed by atoms with E-state index >= 15 is 0 Å². The summed E-state index contributed by atoms with van der Waals surface area (Å²) in [7, 11) is 0. The Morgan fingerprint density at radius 1 is 0.375 bits per heavy atom. The molecule has 0 bridgehead atoms. The maximum atomic E-state index is 2.38. The van der Waals surface area contributed by atoms with Crippen molar-refractivity contribution in [2.45, 2.75) is 193 Å². The Morgan fingerprint density at radius 2 is 0.625 bits per heavy atom. The van der Waals surface area contributed by atoms with Crippen LogP contribution in [0.15, 0.2) is 49.1 Å². The van der Waals surface area contributed by atoms with Crippen LogP contribution >= 0.6 is 23.5 Å². The first-order valence-electron chi connectivity index (χ1n) is 19.9. The van der Waals surface area contributed by atoms with Crippen molar-refractivity contribution in [1.82, 2.24) is 0 Å². The first-order valence-corrected chi connectivity index (χ1v) is 22.2. The van der Waals surface area contributed by atoms with Gasteiger partial charge in [-0.15, -0.1) is 0 Å². The van der Waals surface area contributed by atoms with Crippen molar-refractivity contribution in [3.63, 3.8) is 0 Å². The Morgan fingerprint density at radius 3 is 0.896 bits per heavy atom. The molecule has 2 rings (SSSR count). The van der Waals surface area contributed by atoms with Gasteiger partial charge in [-0.3, -0.25) is 0 Å². The lowest BCUT2D eigenvalue weighted by atomic mass is 10.1. The Kier molecular flexibility index (Phi) is 36.7. The maximum absolute atomic E-state index is 2.38. The fourth-order valence-corrected chi connectivity index (χ4v) is 8.32. The van der Waals surface area contributed by atoms with E-state index in [0.29, 0.717) is 0 Å². The average Bonchev–Trinajstić information content (AvgIpc) is 3.08. The summed E-state index contributed by atoms with van der Waals surface area (Å²) >= 11 is 4.15. The van der Waals surface area contributed by atoms with E-state index in [4.69, 9.17) is 0 Å². The van der Waals surface area contributed by atoms with Gasteiger partial charge in [-0.2, -0.15) is 23.5 Å². The molecule has 0 atom stereocenters. The molecule has 278 valence electrons. The van der Waals surface area contributed by atoms with Gasteiger partial charge in [-0.1, -0.05) is 142 Å². The monoisotopic (exact) mass is 828 g/mol. The molecule has 0 radical (unpaired) electrons. The molecule has 0 aliphatic heterocycles. The Bertz CT molecular complexity index is 835. The molecule has 2 aromatic rings. The van der Waals surface area contributed by atoms with Crippen LogP contribution in [0.3, 0.4) is 0 Å². The zero-order valence-corrected chi connectivity index (χ0v) is 36.1. The molecule has 0 aliphatic carbocycles. The third-order valence-corrected chi connectivity index (χ3v) is 11.7. The third kappa shape index (κ3) is 28.6. The predicted octanol–water partition coefficient (Wildman–Crippen LogP) is 6.84. The van der Waals surface area contributed by atoms with Crippen LogP contribution in [0, 0.1) is 0 Å². The van der Waals surface area contributed by atoms with Gasteiger partial charge in [0.05, 0.1) is 0 Å². The van der Waals surface area contributed by atoms with E-state index in [9.17, 15) is 0 Å².